The van der Waals surface area contributed by atoms with Gasteiger partial charge in [-0.05, 0) is 36.2 Å². The molecule has 0 saturated carbocycles. The van der Waals surface area contributed by atoms with Crippen molar-refractivity contribution in [1.82, 2.24) is 9.97 Å². The number of fused-ring (bicyclic) bond motifs is 1. The van der Waals surface area contributed by atoms with E-state index in [9.17, 15) is 4.79 Å². The highest BCUT2D eigenvalue weighted by Gasteiger charge is 2.21. The number of thiophene rings is 1. The fourth-order valence-electron chi connectivity index (χ4n) is 2.87. The Balaban J connectivity index is 1.64. The van der Waals surface area contributed by atoms with Crippen molar-refractivity contribution in [1.29, 1.82) is 0 Å². The first-order valence-electron chi connectivity index (χ1n) is 8.70. The first-order chi connectivity index (χ1) is 14.0. The zero-order valence-electron chi connectivity index (χ0n) is 15.3. The van der Waals surface area contributed by atoms with E-state index in [1.54, 1.807) is 18.2 Å². The molecule has 5 nitrogen and oxygen atoms in total. The minimum Gasteiger partial charge on any atom is -0.457 e. The third-order valence-electron chi connectivity index (χ3n) is 4.31. The number of benzene rings is 2. The number of aryl methyl sites for hydroxylation is 1. The SMILES string of the molecule is Cc1c(C(=O)OCc2ccccc2)sc2ncnc(Nc3cc(Cl)ccc3Cl)c12. The monoisotopic (exact) mass is 443 g/mol. The molecule has 0 spiro atoms. The average molecular weight is 444 g/mol. The summed E-state index contributed by atoms with van der Waals surface area (Å²) in [7, 11) is 0. The summed E-state index contributed by atoms with van der Waals surface area (Å²) >= 11 is 13.6. The predicted molar refractivity (Wildman–Crippen MR) is 117 cm³/mol. The Kier molecular flexibility index (Phi) is 5.67. The van der Waals surface area contributed by atoms with Crippen molar-refractivity contribution in [2.75, 3.05) is 5.32 Å². The first kappa shape index (κ1) is 19.6. The van der Waals surface area contributed by atoms with Crippen molar-refractivity contribution in [2.45, 2.75) is 13.5 Å². The molecule has 2 heterocycles. The summed E-state index contributed by atoms with van der Waals surface area (Å²) in [6.07, 6.45) is 1.44. The highest BCUT2D eigenvalue weighted by Crippen LogP contribution is 2.36. The van der Waals surface area contributed by atoms with Gasteiger partial charge in [-0.3, -0.25) is 0 Å². The Hall–Kier alpha value is -2.67. The average Bonchev–Trinajstić information content (AvgIpc) is 3.07. The fourth-order valence-corrected chi connectivity index (χ4v) is 4.25. The van der Waals surface area contributed by atoms with Gasteiger partial charge >= 0.3 is 5.97 Å². The number of carbonyl (C=O) groups is 1. The Morgan fingerprint density at radius 2 is 1.93 bits per heavy atom. The van der Waals surface area contributed by atoms with Gasteiger partial charge in [-0.25, -0.2) is 14.8 Å². The third-order valence-corrected chi connectivity index (χ3v) is 6.05. The van der Waals surface area contributed by atoms with Crippen LogP contribution in [0.4, 0.5) is 11.5 Å². The molecule has 0 radical (unpaired) electrons. The second-order valence-electron chi connectivity index (χ2n) is 6.27. The van der Waals surface area contributed by atoms with Gasteiger partial charge in [-0.15, -0.1) is 11.3 Å². The van der Waals surface area contributed by atoms with Gasteiger partial charge in [0.1, 0.15) is 28.5 Å². The lowest BCUT2D eigenvalue weighted by Gasteiger charge is -2.09. The molecule has 0 saturated heterocycles. The topological polar surface area (TPSA) is 64.1 Å². The Labute approximate surface area is 181 Å². The quantitative estimate of drug-likeness (QED) is 0.361. The molecular formula is C21H15Cl2N3O2S. The van der Waals surface area contributed by atoms with E-state index in [0.29, 0.717) is 31.3 Å². The molecule has 0 aliphatic carbocycles. The second-order valence-corrected chi connectivity index (χ2v) is 8.11. The Morgan fingerprint density at radius 1 is 1.14 bits per heavy atom. The summed E-state index contributed by atoms with van der Waals surface area (Å²) in [5.41, 5.74) is 2.31. The summed E-state index contributed by atoms with van der Waals surface area (Å²) in [4.78, 5) is 22.5. The minimum atomic E-state index is -0.388. The van der Waals surface area contributed by atoms with Gasteiger partial charge in [0.2, 0.25) is 0 Å². The van der Waals surface area contributed by atoms with Gasteiger partial charge in [-0.2, -0.15) is 0 Å². The molecule has 0 atom stereocenters. The van der Waals surface area contributed by atoms with Crippen LogP contribution in [0.3, 0.4) is 0 Å². The van der Waals surface area contributed by atoms with Crippen molar-refractivity contribution >= 4 is 62.2 Å². The molecule has 2 aromatic carbocycles. The predicted octanol–water partition coefficient (Wildman–Crippen LogP) is 6.41. The van der Waals surface area contributed by atoms with Gasteiger partial charge in [0.25, 0.3) is 0 Å². The molecule has 4 aromatic rings. The maximum atomic E-state index is 12.7. The van der Waals surface area contributed by atoms with E-state index in [2.05, 4.69) is 15.3 Å². The van der Waals surface area contributed by atoms with E-state index in [-0.39, 0.29) is 12.6 Å². The van der Waals surface area contributed by atoms with E-state index >= 15 is 0 Å². The lowest BCUT2D eigenvalue weighted by molar-refractivity contribution is 0.0478. The van der Waals surface area contributed by atoms with Crippen LogP contribution >= 0.6 is 34.5 Å². The van der Waals surface area contributed by atoms with Crippen molar-refractivity contribution in [3.05, 3.63) is 80.9 Å². The first-order valence-corrected chi connectivity index (χ1v) is 10.3. The molecule has 29 heavy (non-hydrogen) atoms. The van der Waals surface area contributed by atoms with Crippen LogP contribution < -0.4 is 5.32 Å². The molecule has 0 fully saturated rings. The molecule has 146 valence electrons. The third kappa shape index (κ3) is 4.19. The maximum absolute atomic E-state index is 12.7. The number of anilines is 2. The van der Waals surface area contributed by atoms with Crippen molar-refractivity contribution in [3.8, 4) is 0 Å². The lowest BCUT2D eigenvalue weighted by atomic mass is 10.2. The zero-order valence-corrected chi connectivity index (χ0v) is 17.6. The number of nitrogens with one attached hydrogen (secondary N) is 1. The number of rotatable bonds is 5. The summed E-state index contributed by atoms with van der Waals surface area (Å²) in [6, 6.07) is 14.7. The molecule has 2 aromatic heterocycles. The molecule has 4 rings (SSSR count). The number of hydrogen-bond donors (Lipinski definition) is 1. The van der Waals surface area contributed by atoms with Crippen LogP contribution in [-0.2, 0) is 11.3 Å². The molecule has 0 amide bonds. The molecule has 0 unspecified atom stereocenters. The summed E-state index contributed by atoms with van der Waals surface area (Å²) in [6.45, 7) is 2.06. The van der Waals surface area contributed by atoms with Crippen molar-refractivity contribution in [3.63, 3.8) is 0 Å². The molecule has 8 heteroatoms. The number of nitrogens with zero attached hydrogens (tertiary/aromatic N) is 2. The molecule has 1 N–H and O–H groups in total. The van der Waals surface area contributed by atoms with Crippen molar-refractivity contribution in [2.24, 2.45) is 0 Å². The van der Waals surface area contributed by atoms with Crippen LogP contribution in [-0.4, -0.2) is 15.9 Å². The van der Waals surface area contributed by atoms with E-state index in [1.165, 1.54) is 17.7 Å². The van der Waals surface area contributed by atoms with Crippen molar-refractivity contribution < 1.29 is 9.53 Å². The smallest absolute Gasteiger partial charge is 0.349 e. The Bertz CT molecular complexity index is 1200. The maximum Gasteiger partial charge on any atom is 0.349 e. The highest BCUT2D eigenvalue weighted by molar-refractivity contribution is 7.20. The number of esters is 1. The van der Waals surface area contributed by atoms with Crippen LogP contribution in [0.1, 0.15) is 20.8 Å². The number of ether oxygens (including phenoxy) is 1. The Morgan fingerprint density at radius 3 is 2.72 bits per heavy atom. The van der Waals surface area contributed by atoms with Gasteiger partial charge in [0.05, 0.1) is 16.1 Å². The molecule has 0 aliphatic heterocycles. The van der Waals surface area contributed by atoms with Crippen LogP contribution in [0.25, 0.3) is 10.2 Å². The van der Waals surface area contributed by atoms with Gasteiger partial charge in [-0.1, -0.05) is 53.5 Å². The van der Waals surface area contributed by atoms with Crippen LogP contribution in [0.2, 0.25) is 10.0 Å². The second kappa shape index (κ2) is 8.37. The number of hydrogen-bond acceptors (Lipinski definition) is 6. The molecule has 0 aliphatic rings. The minimum absolute atomic E-state index is 0.211. The van der Waals surface area contributed by atoms with Crippen LogP contribution in [0.5, 0.6) is 0 Å². The molecular weight excluding hydrogens is 429 g/mol. The van der Waals surface area contributed by atoms with Gasteiger partial charge < -0.3 is 10.1 Å². The van der Waals surface area contributed by atoms with E-state index in [4.69, 9.17) is 27.9 Å². The van der Waals surface area contributed by atoms with Crippen LogP contribution in [0, 0.1) is 6.92 Å². The summed E-state index contributed by atoms with van der Waals surface area (Å²) in [5.74, 6) is 0.163. The molecule has 0 bridgehead atoms. The van der Waals surface area contributed by atoms with Gasteiger partial charge in [0, 0.05) is 5.02 Å². The standard InChI is InChI=1S/C21H15Cl2N3O2S/c1-12-17-19(26-16-9-14(22)7-8-15(16)23)24-11-25-20(17)29-18(12)21(27)28-10-13-5-3-2-4-6-13/h2-9,11H,10H2,1H3,(H,24,25,26). The normalized spacial score (nSPS) is 10.9. The number of carbonyl (C=O) groups excluding carboxylic acids is 1. The van der Waals surface area contributed by atoms with Gasteiger partial charge in [0.15, 0.2) is 0 Å². The van der Waals surface area contributed by atoms with E-state index in [1.807, 2.05) is 37.3 Å². The highest BCUT2D eigenvalue weighted by atomic mass is 35.5. The number of aromatic nitrogens is 2. The van der Waals surface area contributed by atoms with E-state index in [0.717, 1.165) is 16.5 Å². The summed E-state index contributed by atoms with van der Waals surface area (Å²) < 4.78 is 5.48. The fraction of sp³-hybridized carbons (Fsp3) is 0.0952. The van der Waals surface area contributed by atoms with E-state index < -0.39 is 0 Å². The lowest BCUT2D eigenvalue weighted by Crippen LogP contribution is -2.04. The van der Waals surface area contributed by atoms with Crippen LogP contribution in [0.15, 0.2) is 54.9 Å². The zero-order chi connectivity index (χ0) is 20.4. The summed E-state index contributed by atoms with van der Waals surface area (Å²) in [5, 5.41) is 5.01. The largest absolute Gasteiger partial charge is 0.457 e. The number of halogens is 2.